The van der Waals surface area contributed by atoms with Crippen molar-refractivity contribution >= 4 is 34.4 Å². The Bertz CT molecular complexity index is 1160. The number of pyridine rings is 1. The molecule has 1 saturated heterocycles. The predicted octanol–water partition coefficient (Wildman–Crippen LogP) is 4.18. The molecular formula is C25H24N4O2. The molecule has 0 spiro atoms. The number of rotatable bonds is 5. The second kappa shape index (κ2) is 9.41. The van der Waals surface area contributed by atoms with Gasteiger partial charge in [0.05, 0.1) is 18.7 Å². The van der Waals surface area contributed by atoms with Crippen molar-refractivity contribution in [2.45, 2.75) is 13.3 Å². The van der Waals surface area contributed by atoms with Crippen LogP contribution < -0.4 is 10.2 Å². The van der Waals surface area contributed by atoms with Gasteiger partial charge in [-0.1, -0.05) is 37.3 Å². The van der Waals surface area contributed by atoms with Gasteiger partial charge in [0, 0.05) is 29.7 Å². The Balaban J connectivity index is 1.69. The molecule has 4 rings (SSSR count). The number of para-hydroxylation sites is 1. The Kier molecular flexibility index (Phi) is 6.25. The molecule has 6 nitrogen and oxygen atoms in total. The van der Waals surface area contributed by atoms with Crippen LogP contribution in [0.3, 0.4) is 0 Å². The Morgan fingerprint density at radius 3 is 2.65 bits per heavy atom. The van der Waals surface area contributed by atoms with Gasteiger partial charge in [0.1, 0.15) is 17.5 Å². The van der Waals surface area contributed by atoms with Crippen LogP contribution in [0.25, 0.3) is 17.0 Å². The van der Waals surface area contributed by atoms with Gasteiger partial charge in [0.15, 0.2) is 0 Å². The summed E-state index contributed by atoms with van der Waals surface area (Å²) in [6, 6.07) is 19.5. The lowest BCUT2D eigenvalue weighted by molar-refractivity contribution is -0.112. The summed E-state index contributed by atoms with van der Waals surface area (Å²) in [5.74, 6) is 0.322. The molecule has 3 aromatic rings. The second-order valence-electron chi connectivity index (χ2n) is 7.37. The number of benzene rings is 2. The highest BCUT2D eigenvalue weighted by Gasteiger charge is 2.18. The summed E-state index contributed by atoms with van der Waals surface area (Å²) in [6.45, 7) is 4.75. The number of hydrogen-bond donors (Lipinski definition) is 1. The van der Waals surface area contributed by atoms with Gasteiger partial charge in [-0.3, -0.25) is 4.79 Å². The van der Waals surface area contributed by atoms with Crippen LogP contribution in [0.1, 0.15) is 18.1 Å². The van der Waals surface area contributed by atoms with E-state index >= 15 is 0 Å². The average molecular weight is 412 g/mol. The quantitative estimate of drug-likeness (QED) is 0.502. The summed E-state index contributed by atoms with van der Waals surface area (Å²) in [7, 11) is 0. The summed E-state index contributed by atoms with van der Waals surface area (Å²) in [5, 5.41) is 13.5. The highest BCUT2D eigenvalue weighted by atomic mass is 16.5. The number of fused-ring (bicyclic) bond motifs is 1. The first kappa shape index (κ1) is 20.6. The fourth-order valence-corrected chi connectivity index (χ4v) is 3.58. The molecule has 1 aliphatic rings. The summed E-state index contributed by atoms with van der Waals surface area (Å²) in [4.78, 5) is 19.8. The molecule has 0 bridgehead atoms. The van der Waals surface area contributed by atoms with Crippen molar-refractivity contribution in [1.82, 2.24) is 4.98 Å². The number of amides is 1. The maximum Gasteiger partial charge on any atom is 0.266 e. The zero-order chi connectivity index (χ0) is 21.6. The molecule has 0 atom stereocenters. The first-order valence-corrected chi connectivity index (χ1v) is 10.4. The van der Waals surface area contributed by atoms with Crippen molar-refractivity contribution in [2.24, 2.45) is 0 Å². The molecule has 0 saturated carbocycles. The number of ether oxygens (including phenoxy) is 1. The first-order valence-electron chi connectivity index (χ1n) is 10.4. The Labute approximate surface area is 181 Å². The zero-order valence-corrected chi connectivity index (χ0v) is 17.5. The molecule has 0 aliphatic carbocycles. The molecule has 6 heteroatoms. The van der Waals surface area contributed by atoms with Crippen LogP contribution in [0.15, 0.2) is 60.2 Å². The minimum Gasteiger partial charge on any atom is -0.378 e. The van der Waals surface area contributed by atoms with Gasteiger partial charge in [-0.05, 0) is 42.3 Å². The molecule has 1 amide bonds. The van der Waals surface area contributed by atoms with Crippen LogP contribution in [0.2, 0.25) is 0 Å². The maximum absolute atomic E-state index is 12.8. The maximum atomic E-state index is 12.8. The van der Waals surface area contributed by atoms with E-state index in [1.54, 1.807) is 6.08 Å². The Hall–Kier alpha value is -3.69. The molecule has 1 aromatic heterocycles. The van der Waals surface area contributed by atoms with E-state index in [1.807, 2.05) is 60.7 Å². The largest absolute Gasteiger partial charge is 0.378 e. The number of nitriles is 1. The molecular weight excluding hydrogens is 388 g/mol. The van der Waals surface area contributed by atoms with Crippen molar-refractivity contribution in [3.05, 3.63) is 71.3 Å². The Morgan fingerprint density at radius 2 is 1.94 bits per heavy atom. The van der Waals surface area contributed by atoms with Crippen LogP contribution in [-0.4, -0.2) is 37.2 Å². The van der Waals surface area contributed by atoms with Gasteiger partial charge in [-0.25, -0.2) is 4.98 Å². The van der Waals surface area contributed by atoms with Crippen LogP contribution in [-0.2, 0) is 16.0 Å². The standard InChI is InChI=1S/C25H24N4O2/c1-2-18-7-9-22(10-8-18)27-25(30)21(17-26)16-20-15-19-5-3-4-6-23(19)28-24(20)29-11-13-31-14-12-29/h3-10,15-16H,2,11-14H2,1H3,(H,27,30)/b21-16+. The van der Waals surface area contributed by atoms with E-state index in [1.165, 1.54) is 5.56 Å². The third-order valence-corrected chi connectivity index (χ3v) is 5.33. The number of anilines is 2. The van der Waals surface area contributed by atoms with E-state index in [2.05, 4.69) is 17.1 Å². The number of nitrogens with one attached hydrogen (secondary N) is 1. The topological polar surface area (TPSA) is 78.2 Å². The number of aryl methyl sites for hydroxylation is 1. The van der Waals surface area contributed by atoms with Crippen molar-refractivity contribution < 1.29 is 9.53 Å². The van der Waals surface area contributed by atoms with Gasteiger partial charge >= 0.3 is 0 Å². The van der Waals surface area contributed by atoms with E-state index in [-0.39, 0.29) is 5.57 Å². The average Bonchev–Trinajstić information content (AvgIpc) is 2.83. The lowest BCUT2D eigenvalue weighted by Crippen LogP contribution is -2.37. The summed E-state index contributed by atoms with van der Waals surface area (Å²) < 4.78 is 5.47. The third-order valence-electron chi connectivity index (χ3n) is 5.33. The fraction of sp³-hybridized carbons (Fsp3) is 0.240. The molecule has 0 radical (unpaired) electrons. The minimum absolute atomic E-state index is 0.0335. The van der Waals surface area contributed by atoms with Gasteiger partial charge in [-0.15, -0.1) is 0 Å². The molecule has 1 N–H and O–H groups in total. The van der Waals surface area contributed by atoms with Crippen LogP contribution in [0, 0.1) is 11.3 Å². The number of aromatic nitrogens is 1. The van der Waals surface area contributed by atoms with E-state index in [0.717, 1.165) is 28.7 Å². The van der Waals surface area contributed by atoms with Gasteiger partial charge in [-0.2, -0.15) is 5.26 Å². The molecule has 156 valence electrons. The van der Waals surface area contributed by atoms with Gasteiger partial charge in [0.25, 0.3) is 5.91 Å². The fourth-order valence-electron chi connectivity index (χ4n) is 3.58. The van der Waals surface area contributed by atoms with Crippen molar-refractivity contribution in [2.75, 3.05) is 36.5 Å². The highest BCUT2D eigenvalue weighted by molar-refractivity contribution is 6.10. The lowest BCUT2D eigenvalue weighted by Gasteiger charge is -2.29. The number of carbonyl (C=O) groups excluding carboxylic acids is 1. The molecule has 0 unspecified atom stereocenters. The van der Waals surface area contributed by atoms with Crippen LogP contribution in [0.5, 0.6) is 0 Å². The third kappa shape index (κ3) is 4.73. The lowest BCUT2D eigenvalue weighted by atomic mass is 10.1. The number of morpholine rings is 1. The molecule has 1 aliphatic heterocycles. The smallest absolute Gasteiger partial charge is 0.266 e. The monoisotopic (exact) mass is 412 g/mol. The molecule has 1 fully saturated rings. The van der Waals surface area contributed by atoms with Crippen molar-refractivity contribution in [3.63, 3.8) is 0 Å². The number of carbonyl (C=O) groups is 1. The first-order chi connectivity index (χ1) is 15.2. The normalized spacial score (nSPS) is 14.3. The summed E-state index contributed by atoms with van der Waals surface area (Å²) >= 11 is 0. The highest BCUT2D eigenvalue weighted by Crippen LogP contribution is 2.27. The SMILES string of the molecule is CCc1ccc(NC(=O)/C(C#N)=C/c2cc3ccccc3nc2N2CCOCC2)cc1. The van der Waals surface area contributed by atoms with E-state index in [4.69, 9.17) is 9.72 Å². The minimum atomic E-state index is -0.437. The van der Waals surface area contributed by atoms with E-state index < -0.39 is 5.91 Å². The van der Waals surface area contributed by atoms with Crippen LogP contribution >= 0.6 is 0 Å². The van der Waals surface area contributed by atoms with Gasteiger partial charge in [0.2, 0.25) is 0 Å². The number of hydrogen-bond acceptors (Lipinski definition) is 5. The summed E-state index contributed by atoms with van der Waals surface area (Å²) in [5.41, 5.74) is 3.50. The van der Waals surface area contributed by atoms with Crippen molar-refractivity contribution in [1.29, 1.82) is 5.26 Å². The molecule has 2 aromatic carbocycles. The molecule has 2 heterocycles. The number of nitrogens with zero attached hydrogens (tertiary/aromatic N) is 3. The van der Waals surface area contributed by atoms with Gasteiger partial charge < -0.3 is 15.0 Å². The zero-order valence-electron chi connectivity index (χ0n) is 17.5. The van der Waals surface area contributed by atoms with E-state index in [0.29, 0.717) is 32.0 Å². The van der Waals surface area contributed by atoms with Crippen LogP contribution in [0.4, 0.5) is 11.5 Å². The van der Waals surface area contributed by atoms with E-state index in [9.17, 15) is 10.1 Å². The predicted molar refractivity (Wildman–Crippen MR) is 123 cm³/mol. The second-order valence-corrected chi connectivity index (χ2v) is 7.37. The Morgan fingerprint density at radius 1 is 1.19 bits per heavy atom. The van der Waals surface area contributed by atoms with Crippen molar-refractivity contribution in [3.8, 4) is 6.07 Å². The summed E-state index contributed by atoms with van der Waals surface area (Å²) in [6.07, 6.45) is 2.55. The molecule has 31 heavy (non-hydrogen) atoms.